The SMILES string of the molecule is COc1ccc2c(c1)c(=O)oc1cc(OC(=O)c3ccco3)ccc12. The van der Waals surface area contributed by atoms with E-state index in [1.165, 1.54) is 25.5 Å². The molecule has 6 nitrogen and oxygen atoms in total. The van der Waals surface area contributed by atoms with Crippen LogP contribution in [0.4, 0.5) is 0 Å². The molecule has 0 fully saturated rings. The van der Waals surface area contributed by atoms with Gasteiger partial charge in [-0.25, -0.2) is 9.59 Å². The van der Waals surface area contributed by atoms with Gasteiger partial charge in [-0.15, -0.1) is 0 Å². The van der Waals surface area contributed by atoms with E-state index in [9.17, 15) is 9.59 Å². The summed E-state index contributed by atoms with van der Waals surface area (Å²) in [4.78, 5) is 24.2. The molecule has 2 aromatic heterocycles. The molecular weight excluding hydrogens is 324 g/mol. The first-order valence-corrected chi connectivity index (χ1v) is 7.46. The van der Waals surface area contributed by atoms with Crippen molar-refractivity contribution in [3.05, 3.63) is 71.0 Å². The van der Waals surface area contributed by atoms with Gasteiger partial charge in [-0.3, -0.25) is 0 Å². The van der Waals surface area contributed by atoms with Gasteiger partial charge in [-0.2, -0.15) is 0 Å². The predicted octanol–water partition coefficient (Wildman–Crippen LogP) is 3.77. The van der Waals surface area contributed by atoms with Crippen molar-refractivity contribution >= 4 is 27.7 Å². The highest BCUT2D eigenvalue weighted by atomic mass is 16.5. The van der Waals surface area contributed by atoms with Gasteiger partial charge in [0.25, 0.3) is 0 Å². The average Bonchev–Trinajstić information content (AvgIpc) is 3.16. The molecule has 25 heavy (non-hydrogen) atoms. The number of rotatable bonds is 3. The molecule has 0 unspecified atom stereocenters. The van der Waals surface area contributed by atoms with Crippen LogP contribution in [0.1, 0.15) is 10.6 Å². The van der Waals surface area contributed by atoms with Gasteiger partial charge in [0, 0.05) is 16.8 Å². The molecule has 0 spiro atoms. The predicted molar refractivity (Wildman–Crippen MR) is 90.2 cm³/mol. The van der Waals surface area contributed by atoms with Gasteiger partial charge < -0.3 is 18.3 Å². The Morgan fingerprint density at radius 3 is 2.52 bits per heavy atom. The second-order valence-electron chi connectivity index (χ2n) is 5.33. The van der Waals surface area contributed by atoms with E-state index in [0.29, 0.717) is 16.7 Å². The summed E-state index contributed by atoms with van der Waals surface area (Å²) in [5.74, 6) is 0.289. The van der Waals surface area contributed by atoms with Gasteiger partial charge in [-0.05, 0) is 42.5 Å². The van der Waals surface area contributed by atoms with Crippen molar-refractivity contribution in [2.45, 2.75) is 0 Å². The highest BCUT2D eigenvalue weighted by Crippen LogP contribution is 2.28. The number of benzene rings is 2. The smallest absolute Gasteiger partial charge is 0.379 e. The fraction of sp³-hybridized carbons (Fsp3) is 0.0526. The first kappa shape index (κ1) is 15.0. The summed E-state index contributed by atoms with van der Waals surface area (Å²) in [5.41, 5.74) is -0.164. The molecule has 0 saturated carbocycles. The molecule has 0 aliphatic carbocycles. The summed E-state index contributed by atoms with van der Waals surface area (Å²) in [7, 11) is 1.53. The molecule has 6 heteroatoms. The van der Waals surface area contributed by atoms with Crippen molar-refractivity contribution in [2.24, 2.45) is 0 Å². The lowest BCUT2D eigenvalue weighted by Crippen LogP contribution is -2.07. The Morgan fingerprint density at radius 1 is 0.960 bits per heavy atom. The third kappa shape index (κ3) is 2.63. The van der Waals surface area contributed by atoms with Crippen molar-refractivity contribution in [2.75, 3.05) is 7.11 Å². The molecule has 124 valence electrons. The number of carbonyl (C=O) groups excluding carboxylic acids is 1. The summed E-state index contributed by atoms with van der Waals surface area (Å²) in [5, 5.41) is 1.89. The summed E-state index contributed by atoms with van der Waals surface area (Å²) in [6.07, 6.45) is 1.39. The van der Waals surface area contributed by atoms with E-state index >= 15 is 0 Å². The number of methoxy groups -OCH3 is 1. The van der Waals surface area contributed by atoms with Gasteiger partial charge in [-0.1, -0.05) is 0 Å². The Kier molecular flexibility index (Phi) is 3.50. The number of esters is 1. The number of hydrogen-bond acceptors (Lipinski definition) is 6. The Balaban J connectivity index is 1.80. The van der Waals surface area contributed by atoms with Crippen LogP contribution in [0, 0.1) is 0 Å². The van der Waals surface area contributed by atoms with Gasteiger partial charge in [0.1, 0.15) is 17.1 Å². The molecule has 4 aromatic rings. The van der Waals surface area contributed by atoms with E-state index in [4.69, 9.17) is 18.3 Å². The highest BCUT2D eigenvalue weighted by molar-refractivity contribution is 6.05. The van der Waals surface area contributed by atoms with Crippen LogP contribution in [-0.2, 0) is 0 Å². The van der Waals surface area contributed by atoms with E-state index in [0.717, 1.165) is 10.8 Å². The second-order valence-corrected chi connectivity index (χ2v) is 5.33. The molecule has 0 atom stereocenters. The minimum atomic E-state index is -0.628. The standard InChI is InChI=1S/C19H12O6/c1-22-11-4-6-13-14-7-5-12(24-19(21)16-3-2-8-23-16)10-17(14)25-18(20)15(13)9-11/h2-10H,1H3. The number of ether oxygens (including phenoxy) is 2. The minimum Gasteiger partial charge on any atom is -0.497 e. The maximum Gasteiger partial charge on any atom is 0.379 e. The summed E-state index contributed by atoms with van der Waals surface area (Å²) in [6, 6.07) is 13.2. The molecule has 0 radical (unpaired) electrons. The Bertz CT molecular complexity index is 1140. The lowest BCUT2D eigenvalue weighted by atomic mass is 10.1. The molecule has 0 aliphatic rings. The average molecular weight is 336 g/mol. The molecule has 0 saturated heterocycles. The van der Waals surface area contributed by atoms with Crippen LogP contribution < -0.4 is 15.1 Å². The van der Waals surface area contributed by atoms with Gasteiger partial charge in [0.15, 0.2) is 0 Å². The van der Waals surface area contributed by atoms with Crippen LogP contribution in [0.2, 0.25) is 0 Å². The van der Waals surface area contributed by atoms with Gasteiger partial charge in [0.05, 0.1) is 18.8 Å². The topological polar surface area (TPSA) is 78.9 Å². The minimum absolute atomic E-state index is 0.0900. The number of carbonyl (C=O) groups is 1. The van der Waals surface area contributed by atoms with Crippen LogP contribution in [-0.4, -0.2) is 13.1 Å². The zero-order chi connectivity index (χ0) is 17.4. The maximum atomic E-state index is 12.2. The monoisotopic (exact) mass is 336 g/mol. The molecular formula is C19H12O6. The maximum absolute atomic E-state index is 12.2. The van der Waals surface area contributed by atoms with E-state index < -0.39 is 11.6 Å². The van der Waals surface area contributed by atoms with Crippen molar-refractivity contribution in [1.82, 2.24) is 0 Å². The van der Waals surface area contributed by atoms with Gasteiger partial charge in [0.2, 0.25) is 5.76 Å². The fourth-order valence-electron chi connectivity index (χ4n) is 2.63. The van der Waals surface area contributed by atoms with Gasteiger partial charge >= 0.3 is 11.6 Å². The van der Waals surface area contributed by atoms with Crippen LogP contribution in [0.3, 0.4) is 0 Å². The third-order valence-electron chi connectivity index (χ3n) is 3.83. The Morgan fingerprint density at radius 2 is 1.76 bits per heavy atom. The first-order chi connectivity index (χ1) is 12.2. The van der Waals surface area contributed by atoms with E-state index in [-0.39, 0.29) is 11.5 Å². The molecule has 2 aromatic carbocycles. The lowest BCUT2D eigenvalue weighted by Gasteiger charge is -2.07. The fourth-order valence-corrected chi connectivity index (χ4v) is 2.63. The Hall–Kier alpha value is -3.54. The van der Waals surface area contributed by atoms with E-state index in [2.05, 4.69) is 0 Å². The number of fused-ring (bicyclic) bond motifs is 3. The number of hydrogen-bond donors (Lipinski definition) is 0. The van der Waals surface area contributed by atoms with Crippen LogP contribution in [0.5, 0.6) is 11.5 Å². The number of furan rings is 1. The first-order valence-electron chi connectivity index (χ1n) is 7.46. The molecule has 0 amide bonds. The largest absolute Gasteiger partial charge is 0.497 e. The Labute approximate surface area is 141 Å². The van der Waals surface area contributed by atoms with Crippen molar-refractivity contribution in [1.29, 1.82) is 0 Å². The lowest BCUT2D eigenvalue weighted by molar-refractivity contribution is 0.0701. The third-order valence-corrected chi connectivity index (χ3v) is 3.83. The molecule has 0 bridgehead atoms. The normalized spacial score (nSPS) is 10.9. The molecule has 0 aliphatic heterocycles. The van der Waals surface area contributed by atoms with Crippen molar-refractivity contribution < 1.29 is 23.1 Å². The zero-order valence-electron chi connectivity index (χ0n) is 13.1. The van der Waals surface area contributed by atoms with Crippen molar-refractivity contribution in [3.8, 4) is 11.5 Å². The summed E-state index contributed by atoms with van der Waals surface area (Å²) >= 11 is 0. The zero-order valence-corrected chi connectivity index (χ0v) is 13.1. The highest BCUT2D eigenvalue weighted by Gasteiger charge is 2.14. The van der Waals surface area contributed by atoms with Crippen LogP contribution in [0.15, 0.2) is 68.4 Å². The van der Waals surface area contributed by atoms with E-state index in [1.54, 1.807) is 36.4 Å². The molecule has 4 rings (SSSR count). The second kappa shape index (κ2) is 5.83. The van der Waals surface area contributed by atoms with E-state index in [1.807, 2.05) is 0 Å². The summed E-state index contributed by atoms with van der Waals surface area (Å²) in [6.45, 7) is 0. The quantitative estimate of drug-likeness (QED) is 0.245. The van der Waals surface area contributed by atoms with Crippen molar-refractivity contribution in [3.63, 3.8) is 0 Å². The molecule has 0 N–H and O–H groups in total. The van der Waals surface area contributed by atoms with Crippen LogP contribution >= 0.6 is 0 Å². The summed E-state index contributed by atoms with van der Waals surface area (Å²) < 4.78 is 20.7. The van der Waals surface area contributed by atoms with Crippen LogP contribution in [0.25, 0.3) is 21.7 Å². The molecule has 2 heterocycles.